The molecule has 0 spiro atoms. The number of nitrogens with two attached hydrogens (primary N) is 1. The van der Waals surface area contributed by atoms with E-state index in [4.69, 9.17) is 5.84 Å². The van der Waals surface area contributed by atoms with Crippen molar-refractivity contribution in [2.45, 2.75) is 18.4 Å². The summed E-state index contributed by atoms with van der Waals surface area (Å²) in [4.78, 5) is 8.05. The summed E-state index contributed by atoms with van der Waals surface area (Å²) in [5.74, 6) is 5.35. The van der Waals surface area contributed by atoms with Crippen LogP contribution in [0.15, 0.2) is 28.6 Å². The predicted molar refractivity (Wildman–Crippen MR) is 72.9 cm³/mol. The molecule has 0 saturated carbocycles. The average molecular weight is 299 g/mol. The Labute approximate surface area is 114 Å². The summed E-state index contributed by atoms with van der Waals surface area (Å²) < 4.78 is 26.7. The molecule has 0 saturated heterocycles. The number of pyridine rings is 1. The molecule has 19 heavy (non-hydrogen) atoms. The smallest absolute Gasteiger partial charge is 0.244 e. The van der Waals surface area contributed by atoms with Crippen LogP contribution in [0.2, 0.25) is 0 Å². The van der Waals surface area contributed by atoms with E-state index in [0.717, 1.165) is 5.69 Å². The lowest BCUT2D eigenvalue weighted by atomic mass is 10.5. The summed E-state index contributed by atoms with van der Waals surface area (Å²) in [5.41, 5.74) is 3.13. The second kappa shape index (κ2) is 5.61. The number of nitrogens with one attached hydrogen (secondary N) is 2. The van der Waals surface area contributed by atoms with Crippen molar-refractivity contribution in [2.24, 2.45) is 5.84 Å². The van der Waals surface area contributed by atoms with Gasteiger partial charge in [-0.2, -0.15) is 0 Å². The number of nitrogens with zero attached hydrogens (tertiary/aromatic N) is 2. The summed E-state index contributed by atoms with van der Waals surface area (Å²) in [6, 6.07) is 2.96. The van der Waals surface area contributed by atoms with Crippen molar-refractivity contribution < 1.29 is 8.42 Å². The minimum absolute atomic E-state index is 0.00535. The highest BCUT2D eigenvalue weighted by Gasteiger charge is 2.19. The molecule has 2 aromatic rings. The highest BCUT2D eigenvalue weighted by Crippen LogP contribution is 2.17. The third-order valence-electron chi connectivity index (χ3n) is 2.28. The van der Waals surface area contributed by atoms with Crippen molar-refractivity contribution in [1.82, 2.24) is 14.7 Å². The summed E-state index contributed by atoms with van der Waals surface area (Å²) >= 11 is 1.40. The molecule has 4 N–H and O–H groups in total. The fraction of sp³-hybridized carbons (Fsp3) is 0.200. The molecule has 0 aliphatic rings. The molecule has 102 valence electrons. The van der Waals surface area contributed by atoms with Gasteiger partial charge >= 0.3 is 0 Å². The van der Waals surface area contributed by atoms with E-state index >= 15 is 0 Å². The first-order chi connectivity index (χ1) is 9.03. The number of aromatic nitrogens is 2. The second-order valence-corrected chi connectivity index (χ2v) is 6.38. The van der Waals surface area contributed by atoms with Crippen LogP contribution in [0.4, 0.5) is 5.82 Å². The van der Waals surface area contributed by atoms with Gasteiger partial charge in [-0.25, -0.2) is 29.0 Å². The van der Waals surface area contributed by atoms with Gasteiger partial charge in [0.25, 0.3) is 0 Å². The lowest BCUT2D eigenvalue weighted by molar-refractivity contribution is 0.581. The number of thiazole rings is 1. The van der Waals surface area contributed by atoms with Gasteiger partial charge in [0.1, 0.15) is 9.90 Å². The molecule has 0 amide bonds. The third-order valence-corrected chi connectivity index (χ3v) is 4.68. The van der Waals surface area contributed by atoms with Crippen molar-refractivity contribution in [3.63, 3.8) is 0 Å². The van der Waals surface area contributed by atoms with Crippen LogP contribution in [0.1, 0.15) is 10.7 Å². The van der Waals surface area contributed by atoms with E-state index in [2.05, 4.69) is 20.1 Å². The van der Waals surface area contributed by atoms with E-state index in [0.29, 0.717) is 5.01 Å². The van der Waals surface area contributed by atoms with Crippen molar-refractivity contribution in [3.8, 4) is 0 Å². The summed E-state index contributed by atoms with van der Waals surface area (Å²) in [5, 5.41) is 2.56. The molecule has 0 aliphatic heterocycles. The molecule has 9 heteroatoms. The Kier molecular flexibility index (Phi) is 4.10. The molecule has 0 aromatic carbocycles. The van der Waals surface area contributed by atoms with Crippen LogP contribution >= 0.6 is 11.3 Å². The Bertz CT molecular complexity index is 668. The Morgan fingerprint density at radius 1 is 1.47 bits per heavy atom. The average Bonchev–Trinajstić information content (AvgIpc) is 2.82. The van der Waals surface area contributed by atoms with E-state index in [9.17, 15) is 8.42 Å². The molecule has 2 heterocycles. The first kappa shape index (κ1) is 13.9. The first-order valence-electron chi connectivity index (χ1n) is 5.35. The second-order valence-electron chi connectivity index (χ2n) is 3.70. The number of sulfonamides is 1. The van der Waals surface area contributed by atoms with Gasteiger partial charge in [0, 0.05) is 17.3 Å². The number of hydrogen-bond acceptors (Lipinski definition) is 7. The number of hydrogen-bond donors (Lipinski definition) is 3. The first-order valence-corrected chi connectivity index (χ1v) is 7.71. The van der Waals surface area contributed by atoms with Crippen LogP contribution < -0.4 is 16.0 Å². The zero-order chi connectivity index (χ0) is 13.9. The van der Waals surface area contributed by atoms with E-state index < -0.39 is 10.0 Å². The van der Waals surface area contributed by atoms with E-state index in [1.54, 1.807) is 0 Å². The van der Waals surface area contributed by atoms with E-state index in [1.807, 2.05) is 12.3 Å². The van der Waals surface area contributed by atoms with Crippen molar-refractivity contribution in [1.29, 1.82) is 0 Å². The monoisotopic (exact) mass is 299 g/mol. The fourth-order valence-corrected chi connectivity index (χ4v) is 3.34. The highest BCUT2D eigenvalue weighted by molar-refractivity contribution is 7.89. The molecular formula is C10H13N5O2S2. The molecule has 0 radical (unpaired) electrons. The molecule has 0 atom stereocenters. The number of anilines is 1. The SMILES string of the molecule is Cc1csc(CNS(=O)(=O)c2cccnc2NN)n1. The van der Waals surface area contributed by atoms with Gasteiger partial charge in [-0.15, -0.1) is 11.3 Å². The molecule has 0 bridgehead atoms. The number of nitrogen functional groups attached to an aromatic ring is 1. The zero-order valence-electron chi connectivity index (χ0n) is 10.1. The minimum Gasteiger partial charge on any atom is -0.307 e. The molecule has 0 fully saturated rings. The number of hydrazine groups is 1. The molecule has 2 aromatic heterocycles. The Balaban J connectivity index is 2.18. The van der Waals surface area contributed by atoms with Gasteiger partial charge in [-0.3, -0.25) is 0 Å². The lowest BCUT2D eigenvalue weighted by Crippen LogP contribution is -2.25. The number of rotatable bonds is 5. The van der Waals surface area contributed by atoms with Crippen LogP contribution in [0.3, 0.4) is 0 Å². The molecule has 7 nitrogen and oxygen atoms in total. The standard InChI is InChI=1S/C10H13N5O2S2/c1-7-6-18-9(14-7)5-13-19(16,17)8-3-2-4-12-10(8)15-11/h2-4,6,13H,5,11H2,1H3,(H,12,15). The molecule has 2 rings (SSSR count). The van der Waals surface area contributed by atoms with Crippen molar-refractivity contribution >= 4 is 27.2 Å². The summed E-state index contributed by atoms with van der Waals surface area (Å²) in [6.45, 7) is 1.99. The summed E-state index contributed by atoms with van der Waals surface area (Å²) in [7, 11) is -3.68. The van der Waals surface area contributed by atoms with Gasteiger partial charge in [0.15, 0.2) is 5.82 Å². The van der Waals surface area contributed by atoms with Crippen LogP contribution in [0.5, 0.6) is 0 Å². The topological polar surface area (TPSA) is 110 Å². The number of aryl methyl sites for hydroxylation is 1. The Morgan fingerprint density at radius 3 is 2.89 bits per heavy atom. The Morgan fingerprint density at radius 2 is 2.26 bits per heavy atom. The van der Waals surface area contributed by atoms with Crippen LogP contribution in [-0.2, 0) is 16.6 Å². The maximum absolute atomic E-state index is 12.1. The van der Waals surface area contributed by atoms with Crippen molar-refractivity contribution in [3.05, 3.63) is 34.4 Å². The quantitative estimate of drug-likeness (QED) is 0.551. The van der Waals surface area contributed by atoms with Crippen LogP contribution in [-0.4, -0.2) is 18.4 Å². The highest BCUT2D eigenvalue weighted by atomic mass is 32.2. The van der Waals surface area contributed by atoms with Gasteiger partial charge in [0.05, 0.1) is 6.54 Å². The molecule has 0 aliphatic carbocycles. The largest absolute Gasteiger partial charge is 0.307 e. The van der Waals surface area contributed by atoms with E-state index in [1.165, 1.54) is 29.7 Å². The maximum Gasteiger partial charge on any atom is 0.244 e. The van der Waals surface area contributed by atoms with Gasteiger partial charge in [-0.05, 0) is 19.1 Å². The van der Waals surface area contributed by atoms with Gasteiger partial charge < -0.3 is 5.43 Å². The molecule has 0 unspecified atom stereocenters. The van der Waals surface area contributed by atoms with Crippen molar-refractivity contribution in [2.75, 3.05) is 5.43 Å². The third kappa shape index (κ3) is 3.26. The van der Waals surface area contributed by atoms with Crippen LogP contribution in [0, 0.1) is 6.92 Å². The summed E-state index contributed by atoms with van der Waals surface area (Å²) in [6.07, 6.45) is 1.46. The predicted octanol–water partition coefficient (Wildman–Crippen LogP) is 0.611. The van der Waals surface area contributed by atoms with E-state index in [-0.39, 0.29) is 17.3 Å². The zero-order valence-corrected chi connectivity index (χ0v) is 11.8. The Hall–Kier alpha value is -1.55. The van der Waals surface area contributed by atoms with Crippen LogP contribution in [0.25, 0.3) is 0 Å². The molecular weight excluding hydrogens is 286 g/mol. The fourth-order valence-electron chi connectivity index (χ4n) is 1.43. The van der Waals surface area contributed by atoms with Gasteiger partial charge in [-0.1, -0.05) is 0 Å². The minimum atomic E-state index is -3.68. The lowest BCUT2D eigenvalue weighted by Gasteiger charge is -2.08. The maximum atomic E-state index is 12.1. The normalized spacial score (nSPS) is 11.5. The van der Waals surface area contributed by atoms with Gasteiger partial charge in [0.2, 0.25) is 10.0 Å².